The van der Waals surface area contributed by atoms with E-state index in [-0.39, 0.29) is 22.9 Å². The molecule has 3 aliphatic rings. The number of likely N-dealkylation sites (tertiary alicyclic amines) is 1. The zero-order chi connectivity index (χ0) is 16.2. The van der Waals surface area contributed by atoms with Crippen LogP contribution in [0.2, 0.25) is 10.0 Å². The van der Waals surface area contributed by atoms with Gasteiger partial charge in [-0.1, -0.05) is 29.3 Å². The molecule has 0 aliphatic carbocycles. The van der Waals surface area contributed by atoms with E-state index in [9.17, 15) is 9.59 Å². The number of rotatable bonds is 1. The number of amides is 2. The predicted molar refractivity (Wildman–Crippen MR) is 85.5 cm³/mol. The molecule has 2 atom stereocenters. The van der Waals surface area contributed by atoms with E-state index in [1.807, 2.05) is 4.90 Å². The molecule has 122 valence electrons. The molecule has 3 fully saturated rings. The molecule has 3 heterocycles. The molecule has 0 N–H and O–H groups in total. The van der Waals surface area contributed by atoms with Gasteiger partial charge in [0.2, 0.25) is 5.91 Å². The monoisotopic (exact) mass is 354 g/mol. The quantitative estimate of drug-likeness (QED) is 0.778. The number of halogens is 2. The Morgan fingerprint density at radius 3 is 2.96 bits per heavy atom. The van der Waals surface area contributed by atoms with E-state index in [1.165, 1.54) is 0 Å². The van der Waals surface area contributed by atoms with Gasteiger partial charge in [-0.25, -0.2) is 0 Å². The van der Waals surface area contributed by atoms with Crippen LogP contribution in [0.15, 0.2) is 18.2 Å². The third kappa shape index (κ3) is 2.10. The van der Waals surface area contributed by atoms with Crippen LogP contribution in [0.1, 0.15) is 29.6 Å². The fraction of sp³-hybridized carbons (Fsp3) is 0.500. The minimum Gasteiger partial charge on any atom is -0.353 e. The molecule has 4 rings (SSSR count). The molecule has 1 aromatic rings. The van der Waals surface area contributed by atoms with Crippen molar-refractivity contribution in [2.24, 2.45) is 0 Å². The molecule has 0 radical (unpaired) electrons. The third-order valence-corrected chi connectivity index (χ3v) is 5.87. The average Bonchev–Trinajstić information content (AvgIpc) is 3.02. The zero-order valence-corrected chi connectivity index (χ0v) is 13.9. The van der Waals surface area contributed by atoms with Crippen LogP contribution in [-0.2, 0) is 9.53 Å². The van der Waals surface area contributed by atoms with E-state index in [2.05, 4.69) is 0 Å². The number of carbonyl (C=O) groups excluding carboxylic acids is 2. The van der Waals surface area contributed by atoms with E-state index in [0.717, 1.165) is 6.42 Å². The van der Waals surface area contributed by atoms with Gasteiger partial charge in [-0.15, -0.1) is 0 Å². The molecule has 1 spiro atoms. The van der Waals surface area contributed by atoms with Crippen molar-refractivity contribution in [3.05, 3.63) is 33.8 Å². The Bertz CT molecular complexity index is 696. The molecule has 5 nitrogen and oxygen atoms in total. The molecule has 7 heteroatoms. The summed E-state index contributed by atoms with van der Waals surface area (Å²) in [6.07, 6.45) is 1.80. The highest BCUT2D eigenvalue weighted by atomic mass is 35.5. The molecule has 0 unspecified atom stereocenters. The van der Waals surface area contributed by atoms with E-state index in [4.69, 9.17) is 27.9 Å². The first-order chi connectivity index (χ1) is 11.0. The van der Waals surface area contributed by atoms with Gasteiger partial charge >= 0.3 is 0 Å². The Hall–Kier alpha value is -1.30. The van der Waals surface area contributed by atoms with Crippen LogP contribution < -0.4 is 0 Å². The van der Waals surface area contributed by atoms with E-state index in [0.29, 0.717) is 43.1 Å². The Kier molecular flexibility index (Phi) is 3.55. The topological polar surface area (TPSA) is 49.9 Å². The summed E-state index contributed by atoms with van der Waals surface area (Å²) in [7, 11) is 0. The van der Waals surface area contributed by atoms with Crippen LogP contribution in [0.4, 0.5) is 0 Å². The second kappa shape index (κ2) is 5.36. The number of nitrogens with zero attached hydrogens (tertiary/aromatic N) is 2. The maximum atomic E-state index is 12.9. The van der Waals surface area contributed by atoms with Crippen molar-refractivity contribution < 1.29 is 14.3 Å². The van der Waals surface area contributed by atoms with Gasteiger partial charge in [0.25, 0.3) is 5.91 Å². The van der Waals surface area contributed by atoms with Crippen molar-refractivity contribution in [1.82, 2.24) is 9.80 Å². The zero-order valence-electron chi connectivity index (χ0n) is 12.4. The van der Waals surface area contributed by atoms with Crippen LogP contribution in [0, 0.1) is 0 Å². The molecule has 3 saturated heterocycles. The summed E-state index contributed by atoms with van der Waals surface area (Å²) in [5.41, 5.74) is -0.270. The number of hydrogen-bond donors (Lipinski definition) is 0. The lowest BCUT2D eigenvalue weighted by Crippen LogP contribution is -2.56. The minimum absolute atomic E-state index is 0.0596. The summed E-state index contributed by atoms with van der Waals surface area (Å²) in [6, 6.07) is 4.77. The van der Waals surface area contributed by atoms with Crippen molar-refractivity contribution in [3.8, 4) is 0 Å². The fourth-order valence-electron chi connectivity index (χ4n) is 4.02. The van der Waals surface area contributed by atoms with Crippen molar-refractivity contribution in [2.75, 3.05) is 19.7 Å². The SMILES string of the molecule is O=C(c1cccc(Cl)c1Cl)N1CC[C@@]23OCCCN2C(=O)C[C@@H]13. The Morgan fingerprint density at radius 1 is 1.30 bits per heavy atom. The molecule has 0 aromatic heterocycles. The van der Waals surface area contributed by atoms with Crippen LogP contribution in [-0.4, -0.2) is 53.1 Å². The lowest BCUT2D eigenvalue weighted by atomic mass is 10.0. The Labute approximate surface area is 144 Å². The predicted octanol–water partition coefficient (Wildman–Crippen LogP) is 2.56. The smallest absolute Gasteiger partial charge is 0.255 e. The van der Waals surface area contributed by atoms with Gasteiger partial charge in [-0.2, -0.15) is 0 Å². The summed E-state index contributed by atoms with van der Waals surface area (Å²) < 4.78 is 6.01. The van der Waals surface area contributed by atoms with E-state index in [1.54, 1.807) is 23.1 Å². The molecular formula is C16H16Cl2N2O3. The van der Waals surface area contributed by atoms with E-state index >= 15 is 0 Å². The van der Waals surface area contributed by atoms with Crippen molar-refractivity contribution in [3.63, 3.8) is 0 Å². The van der Waals surface area contributed by atoms with Crippen LogP contribution >= 0.6 is 23.2 Å². The lowest BCUT2D eigenvalue weighted by molar-refractivity contribution is -0.179. The maximum Gasteiger partial charge on any atom is 0.255 e. The second-order valence-electron chi connectivity index (χ2n) is 6.16. The van der Waals surface area contributed by atoms with Gasteiger partial charge in [-0.3, -0.25) is 9.59 Å². The molecule has 2 amide bonds. The standard InChI is InChI=1S/C16H16Cl2N2O3/c17-11-4-1-3-10(14(11)18)15(22)19-7-5-16-12(19)9-13(21)20(16)6-2-8-23-16/h1,3-4,12H,2,5-9H2/t12-,16+/m1/s1. The first-order valence-electron chi connectivity index (χ1n) is 7.74. The van der Waals surface area contributed by atoms with Crippen molar-refractivity contribution in [2.45, 2.75) is 31.0 Å². The highest BCUT2D eigenvalue weighted by Crippen LogP contribution is 2.45. The first-order valence-corrected chi connectivity index (χ1v) is 8.49. The number of ether oxygens (including phenoxy) is 1. The van der Waals surface area contributed by atoms with Crippen LogP contribution in [0.25, 0.3) is 0 Å². The summed E-state index contributed by atoms with van der Waals surface area (Å²) >= 11 is 12.2. The number of carbonyl (C=O) groups is 2. The first kappa shape index (κ1) is 15.2. The highest BCUT2D eigenvalue weighted by Gasteiger charge is 2.61. The average molecular weight is 355 g/mol. The minimum atomic E-state index is -0.643. The lowest BCUT2D eigenvalue weighted by Gasteiger charge is -2.42. The van der Waals surface area contributed by atoms with Crippen molar-refractivity contribution in [1.29, 1.82) is 0 Å². The molecule has 0 saturated carbocycles. The fourth-order valence-corrected chi connectivity index (χ4v) is 4.40. The van der Waals surface area contributed by atoms with Gasteiger partial charge in [0, 0.05) is 19.5 Å². The van der Waals surface area contributed by atoms with Crippen molar-refractivity contribution >= 4 is 35.0 Å². The second-order valence-corrected chi connectivity index (χ2v) is 6.95. The number of hydrogen-bond acceptors (Lipinski definition) is 3. The highest BCUT2D eigenvalue weighted by molar-refractivity contribution is 6.43. The van der Waals surface area contributed by atoms with Crippen LogP contribution in [0.3, 0.4) is 0 Å². The van der Waals surface area contributed by atoms with Gasteiger partial charge in [-0.05, 0) is 18.6 Å². The Morgan fingerprint density at radius 2 is 2.13 bits per heavy atom. The van der Waals surface area contributed by atoms with Gasteiger partial charge in [0.1, 0.15) is 0 Å². The molecule has 1 aromatic carbocycles. The summed E-state index contributed by atoms with van der Waals surface area (Å²) in [5.74, 6) is -0.132. The third-order valence-electron chi connectivity index (χ3n) is 5.05. The summed E-state index contributed by atoms with van der Waals surface area (Å²) in [4.78, 5) is 28.8. The van der Waals surface area contributed by atoms with E-state index < -0.39 is 5.72 Å². The maximum absolute atomic E-state index is 12.9. The largest absolute Gasteiger partial charge is 0.353 e. The summed E-state index contributed by atoms with van der Waals surface area (Å²) in [5, 5.41) is 0.607. The van der Waals surface area contributed by atoms with Gasteiger partial charge < -0.3 is 14.5 Å². The van der Waals surface area contributed by atoms with Gasteiger partial charge in [0.05, 0.1) is 34.7 Å². The Balaban J connectivity index is 1.68. The normalized spacial score (nSPS) is 29.7. The van der Waals surface area contributed by atoms with Crippen LogP contribution in [0.5, 0.6) is 0 Å². The molecule has 0 bridgehead atoms. The van der Waals surface area contributed by atoms with Gasteiger partial charge in [0.15, 0.2) is 5.72 Å². The molecule has 23 heavy (non-hydrogen) atoms. The summed E-state index contributed by atoms with van der Waals surface area (Å²) in [6.45, 7) is 1.88. The molecule has 3 aliphatic heterocycles. The number of benzene rings is 1. The molecular weight excluding hydrogens is 339 g/mol.